The summed E-state index contributed by atoms with van der Waals surface area (Å²) in [6, 6.07) is -0.340. The molecule has 0 radical (unpaired) electrons. The van der Waals surface area contributed by atoms with E-state index < -0.39 is 5.97 Å². The molecule has 0 aromatic carbocycles. The van der Waals surface area contributed by atoms with Crippen LogP contribution >= 0.6 is 11.8 Å². The van der Waals surface area contributed by atoms with Gasteiger partial charge in [-0.2, -0.15) is 11.8 Å². The average molecular weight is 290 g/mol. The number of ether oxygens (including phenoxy) is 1. The van der Waals surface area contributed by atoms with Crippen molar-refractivity contribution >= 4 is 23.8 Å². The molecular weight excluding hydrogens is 268 g/mol. The lowest BCUT2D eigenvalue weighted by atomic mass is 10.1. The summed E-state index contributed by atoms with van der Waals surface area (Å²) in [5.41, 5.74) is 0. The lowest BCUT2D eigenvalue weighted by Crippen LogP contribution is -2.47. The third-order valence-corrected chi connectivity index (χ3v) is 4.63. The fraction of sp³-hybridized carbons (Fsp3) is 0.833. The molecule has 0 aromatic heterocycles. The zero-order valence-electron chi connectivity index (χ0n) is 11.5. The number of carboxylic acids is 1. The van der Waals surface area contributed by atoms with Crippen molar-refractivity contribution in [2.75, 3.05) is 39.1 Å². The smallest absolute Gasteiger partial charge is 0.323 e. The number of carbonyl (C=O) groups is 2. The number of carbonyl (C=O) groups excluding carboxylic acids is 1. The first-order valence-corrected chi connectivity index (χ1v) is 7.33. The summed E-state index contributed by atoms with van der Waals surface area (Å²) >= 11 is 1.86. The minimum Gasteiger partial charge on any atom is -0.480 e. The summed E-state index contributed by atoms with van der Waals surface area (Å²) < 4.78 is 4.96. The summed E-state index contributed by atoms with van der Waals surface area (Å²) in [7, 11) is 1.52. The molecule has 6 nitrogen and oxygen atoms in total. The van der Waals surface area contributed by atoms with Gasteiger partial charge in [0.25, 0.3) is 0 Å². The number of aliphatic carboxylic acids is 1. The van der Waals surface area contributed by atoms with Gasteiger partial charge in [0.15, 0.2) is 0 Å². The third-order valence-electron chi connectivity index (χ3n) is 3.09. The molecule has 0 bridgehead atoms. The topological polar surface area (TPSA) is 78.9 Å². The van der Waals surface area contributed by atoms with E-state index in [0.29, 0.717) is 13.2 Å². The SMILES string of the molecule is COCCN(CC(=O)O)C(=O)NCC1(C)CCCS1. The summed E-state index contributed by atoms with van der Waals surface area (Å²) in [5, 5.41) is 11.6. The monoisotopic (exact) mass is 290 g/mol. The zero-order chi connectivity index (χ0) is 14.3. The Bertz CT molecular complexity index is 319. The predicted molar refractivity (Wildman–Crippen MR) is 74.6 cm³/mol. The maximum absolute atomic E-state index is 12.0. The molecule has 0 spiro atoms. The Morgan fingerprint density at radius 1 is 1.53 bits per heavy atom. The van der Waals surface area contributed by atoms with Gasteiger partial charge in [-0.05, 0) is 25.5 Å². The molecule has 110 valence electrons. The van der Waals surface area contributed by atoms with Crippen molar-refractivity contribution in [2.24, 2.45) is 0 Å². The molecule has 7 heteroatoms. The van der Waals surface area contributed by atoms with Gasteiger partial charge in [-0.1, -0.05) is 0 Å². The van der Waals surface area contributed by atoms with Crippen LogP contribution in [-0.4, -0.2) is 65.9 Å². The number of nitrogens with zero attached hydrogens (tertiary/aromatic N) is 1. The molecule has 2 amide bonds. The number of thioether (sulfide) groups is 1. The fourth-order valence-corrected chi connectivity index (χ4v) is 3.21. The van der Waals surface area contributed by atoms with Gasteiger partial charge in [0.2, 0.25) is 0 Å². The van der Waals surface area contributed by atoms with Crippen molar-refractivity contribution in [3.05, 3.63) is 0 Å². The molecule has 1 heterocycles. The lowest BCUT2D eigenvalue weighted by Gasteiger charge is -2.26. The highest BCUT2D eigenvalue weighted by Crippen LogP contribution is 2.36. The van der Waals surface area contributed by atoms with Crippen LogP contribution in [0.2, 0.25) is 0 Å². The number of hydrogen-bond acceptors (Lipinski definition) is 4. The van der Waals surface area contributed by atoms with Crippen LogP contribution in [0.15, 0.2) is 0 Å². The van der Waals surface area contributed by atoms with E-state index in [9.17, 15) is 9.59 Å². The molecule has 1 saturated heterocycles. The molecule has 0 saturated carbocycles. The van der Waals surface area contributed by atoms with E-state index in [4.69, 9.17) is 9.84 Å². The van der Waals surface area contributed by atoms with Gasteiger partial charge >= 0.3 is 12.0 Å². The van der Waals surface area contributed by atoms with Crippen LogP contribution in [0.4, 0.5) is 4.79 Å². The molecular formula is C12H22N2O4S. The van der Waals surface area contributed by atoms with E-state index in [1.807, 2.05) is 11.8 Å². The van der Waals surface area contributed by atoms with Crippen molar-refractivity contribution in [2.45, 2.75) is 24.5 Å². The van der Waals surface area contributed by atoms with Gasteiger partial charge in [-0.15, -0.1) is 0 Å². The van der Waals surface area contributed by atoms with E-state index in [0.717, 1.165) is 12.2 Å². The van der Waals surface area contributed by atoms with Crippen LogP contribution in [0.3, 0.4) is 0 Å². The summed E-state index contributed by atoms with van der Waals surface area (Å²) in [6.07, 6.45) is 2.24. The van der Waals surface area contributed by atoms with E-state index in [-0.39, 0.29) is 23.9 Å². The Morgan fingerprint density at radius 3 is 2.79 bits per heavy atom. The molecule has 1 unspecified atom stereocenters. The van der Waals surface area contributed by atoms with Crippen molar-refractivity contribution in [1.82, 2.24) is 10.2 Å². The van der Waals surface area contributed by atoms with Gasteiger partial charge in [0, 0.05) is 24.9 Å². The molecule has 2 N–H and O–H groups in total. The first kappa shape index (κ1) is 16.1. The normalized spacial score (nSPS) is 22.2. The number of carboxylic acid groups (broad SMARTS) is 1. The van der Waals surface area contributed by atoms with E-state index in [1.165, 1.54) is 18.4 Å². The average Bonchev–Trinajstić information content (AvgIpc) is 2.78. The Hall–Kier alpha value is -0.950. The molecule has 1 aliphatic heterocycles. The Kier molecular flexibility index (Phi) is 6.44. The molecule has 1 fully saturated rings. The van der Waals surface area contributed by atoms with E-state index in [1.54, 1.807) is 0 Å². The number of hydrogen-bond donors (Lipinski definition) is 2. The highest BCUT2D eigenvalue weighted by atomic mass is 32.2. The number of nitrogens with one attached hydrogen (secondary N) is 1. The number of rotatable bonds is 7. The fourth-order valence-electron chi connectivity index (χ4n) is 1.97. The highest BCUT2D eigenvalue weighted by Gasteiger charge is 2.30. The maximum atomic E-state index is 12.0. The second-order valence-corrected chi connectivity index (χ2v) is 6.55. The molecule has 1 atom stereocenters. The van der Waals surface area contributed by atoms with Crippen LogP contribution < -0.4 is 5.32 Å². The van der Waals surface area contributed by atoms with Crippen LogP contribution in [0.25, 0.3) is 0 Å². The Balaban J connectivity index is 2.43. The van der Waals surface area contributed by atoms with Crippen molar-refractivity contribution in [1.29, 1.82) is 0 Å². The Labute approximate surface area is 117 Å². The van der Waals surface area contributed by atoms with Crippen LogP contribution in [-0.2, 0) is 9.53 Å². The first-order chi connectivity index (χ1) is 8.97. The minimum atomic E-state index is -1.02. The van der Waals surface area contributed by atoms with Crippen LogP contribution in [0, 0.1) is 0 Å². The second-order valence-electron chi connectivity index (χ2n) is 4.87. The summed E-state index contributed by atoms with van der Waals surface area (Å²) in [6.45, 7) is 2.99. The molecule has 1 aliphatic rings. The van der Waals surface area contributed by atoms with E-state index >= 15 is 0 Å². The molecule has 1 rings (SSSR count). The number of urea groups is 1. The maximum Gasteiger partial charge on any atom is 0.323 e. The van der Waals surface area contributed by atoms with Gasteiger partial charge in [-0.25, -0.2) is 4.79 Å². The molecule has 0 aromatic rings. The molecule has 0 aliphatic carbocycles. The summed E-state index contributed by atoms with van der Waals surface area (Å²) in [4.78, 5) is 24.0. The van der Waals surface area contributed by atoms with Crippen molar-refractivity contribution in [3.8, 4) is 0 Å². The van der Waals surface area contributed by atoms with Crippen molar-refractivity contribution in [3.63, 3.8) is 0 Å². The predicted octanol–water partition coefficient (Wildman–Crippen LogP) is 1.01. The third kappa shape index (κ3) is 5.69. The highest BCUT2D eigenvalue weighted by molar-refractivity contribution is 8.00. The second kappa shape index (κ2) is 7.59. The number of amides is 2. The van der Waals surface area contributed by atoms with E-state index in [2.05, 4.69) is 12.2 Å². The van der Waals surface area contributed by atoms with Gasteiger partial charge in [-0.3, -0.25) is 4.79 Å². The van der Waals surface area contributed by atoms with Crippen LogP contribution in [0.5, 0.6) is 0 Å². The Morgan fingerprint density at radius 2 is 2.26 bits per heavy atom. The zero-order valence-corrected chi connectivity index (χ0v) is 12.3. The van der Waals surface area contributed by atoms with Gasteiger partial charge < -0.3 is 20.1 Å². The summed E-state index contributed by atoms with van der Waals surface area (Å²) in [5.74, 6) is 0.0993. The first-order valence-electron chi connectivity index (χ1n) is 6.34. The van der Waals surface area contributed by atoms with Crippen molar-refractivity contribution < 1.29 is 19.4 Å². The molecule has 19 heavy (non-hydrogen) atoms. The standard InChI is InChI=1S/C12H22N2O4S/c1-12(4-3-7-19-12)9-13-11(17)14(5-6-18-2)8-10(15)16/h3-9H2,1-2H3,(H,13,17)(H,15,16). The van der Waals surface area contributed by atoms with Gasteiger partial charge in [0.1, 0.15) is 6.54 Å². The largest absolute Gasteiger partial charge is 0.480 e. The number of methoxy groups -OCH3 is 1. The quantitative estimate of drug-likeness (QED) is 0.732. The minimum absolute atomic E-state index is 0.0752. The lowest BCUT2D eigenvalue weighted by molar-refractivity contribution is -0.137. The van der Waals surface area contributed by atoms with Crippen LogP contribution in [0.1, 0.15) is 19.8 Å². The van der Waals surface area contributed by atoms with Gasteiger partial charge in [0.05, 0.1) is 6.61 Å².